The lowest BCUT2D eigenvalue weighted by Gasteiger charge is -2.08. The Hall–Kier alpha value is -2.21. The Morgan fingerprint density at radius 1 is 1.29 bits per heavy atom. The predicted molar refractivity (Wildman–Crippen MR) is 80.2 cm³/mol. The van der Waals surface area contributed by atoms with Gasteiger partial charge >= 0.3 is 0 Å². The standard InChI is InChI=1S/C15H18N6/c1-10-12(9-16-11-7-8-11)15(20(2)18-10)21-14-6-4-3-5-13(14)17-19-21/h3-6,11,16H,7-9H2,1-2H3. The van der Waals surface area contributed by atoms with Crippen molar-refractivity contribution in [2.75, 3.05) is 0 Å². The lowest BCUT2D eigenvalue weighted by atomic mass is 10.2. The number of aromatic nitrogens is 5. The molecule has 1 aromatic carbocycles. The Labute approximate surface area is 122 Å². The molecule has 1 N–H and O–H groups in total. The van der Waals surface area contributed by atoms with Crippen molar-refractivity contribution in [3.8, 4) is 5.82 Å². The molecule has 0 radical (unpaired) electrons. The van der Waals surface area contributed by atoms with Gasteiger partial charge in [-0.3, -0.25) is 4.68 Å². The van der Waals surface area contributed by atoms with E-state index in [0.717, 1.165) is 29.1 Å². The number of nitrogens with one attached hydrogen (secondary N) is 1. The lowest BCUT2D eigenvalue weighted by molar-refractivity contribution is 0.661. The highest BCUT2D eigenvalue weighted by atomic mass is 15.5. The van der Waals surface area contributed by atoms with Gasteiger partial charge in [-0.2, -0.15) is 9.78 Å². The molecule has 0 saturated heterocycles. The number of aryl methyl sites for hydroxylation is 2. The van der Waals surface area contributed by atoms with E-state index in [0.29, 0.717) is 6.04 Å². The molecule has 3 aromatic rings. The SMILES string of the molecule is Cc1nn(C)c(-n2nnc3ccccc32)c1CNC1CC1. The molecule has 0 atom stereocenters. The van der Waals surface area contributed by atoms with Crippen LogP contribution < -0.4 is 5.32 Å². The molecule has 1 aliphatic carbocycles. The van der Waals surface area contributed by atoms with E-state index >= 15 is 0 Å². The Bertz CT molecular complexity index is 796. The molecule has 6 nitrogen and oxygen atoms in total. The zero-order chi connectivity index (χ0) is 14.4. The molecule has 4 rings (SSSR count). The van der Waals surface area contributed by atoms with E-state index < -0.39 is 0 Å². The molecule has 0 bridgehead atoms. The summed E-state index contributed by atoms with van der Waals surface area (Å²) in [6, 6.07) is 8.67. The van der Waals surface area contributed by atoms with Crippen molar-refractivity contribution in [3.63, 3.8) is 0 Å². The second kappa shape index (κ2) is 4.66. The molecule has 1 fully saturated rings. The molecule has 108 valence electrons. The van der Waals surface area contributed by atoms with Crippen LogP contribution in [0.5, 0.6) is 0 Å². The zero-order valence-electron chi connectivity index (χ0n) is 12.2. The highest BCUT2D eigenvalue weighted by Gasteiger charge is 2.23. The smallest absolute Gasteiger partial charge is 0.158 e. The van der Waals surface area contributed by atoms with Crippen molar-refractivity contribution in [2.24, 2.45) is 7.05 Å². The van der Waals surface area contributed by atoms with Crippen LogP contribution >= 0.6 is 0 Å². The molecule has 1 aliphatic rings. The molecular formula is C15H18N6. The van der Waals surface area contributed by atoms with Crippen LogP contribution in [-0.2, 0) is 13.6 Å². The van der Waals surface area contributed by atoms with Crippen LogP contribution in [0.4, 0.5) is 0 Å². The van der Waals surface area contributed by atoms with E-state index in [4.69, 9.17) is 0 Å². The highest BCUT2D eigenvalue weighted by Crippen LogP contribution is 2.24. The number of rotatable bonds is 4. The maximum Gasteiger partial charge on any atom is 0.158 e. The Morgan fingerprint density at radius 3 is 2.90 bits per heavy atom. The van der Waals surface area contributed by atoms with Gasteiger partial charge in [-0.05, 0) is 31.9 Å². The highest BCUT2D eigenvalue weighted by molar-refractivity contribution is 5.75. The van der Waals surface area contributed by atoms with Gasteiger partial charge in [0.15, 0.2) is 5.82 Å². The third-order valence-electron chi connectivity index (χ3n) is 4.01. The van der Waals surface area contributed by atoms with E-state index in [1.807, 2.05) is 47.6 Å². The largest absolute Gasteiger partial charge is 0.310 e. The van der Waals surface area contributed by atoms with Gasteiger partial charge in [0.1, 0.15) is 5.52 Å². The van der Waals surface area contributed by atoms with Gasteiger partial charge in [0.25, 0.3) is 0 Å². The van der Waals surface area contributed by atoms with Crippen molar-refractivity contribution in [2.45, 2.75) is 32.4 Å². The minimum absolute atomic E-state index is 0.671. The first-order valence-electron chi connectivity index (χ1n) is 7.30. The number of fused-ring (bicyclic) bond motifs is 1. The fraction of sp³-hybridized carbons (Fsp3) is 0.400. The molecule has 2 aromatic heterocycles. The van der Waals surface area contributed by atoms with E-state index in [-0.39, 0.29) is 0 Å². The van der Waals surface area contributed by atoms with Crippen LogP contribution in [-0.4, -0.2) is 30.8 Å². The average molecular weight is 282 g/mol. The molecule has 0 amide bonds. The first kappa shape index (κ1) is 12.5. The van der Waals surface area contributed by atoms with Crippen molar-refractivity contribution in [1.29, 1.82) is 0 Å². The summed E-state index contributed by atoms with van der Waals surface area (Å²) in [5.41, 5.74) is 4.14. The number of nitrogens with zero attached hydrogens (tertiary/aromatic N) is 5. The van der Waals surface area contributed by atoms with Gasteiger partial charge in [-0.25, -0.2) is 0 Å². The normalized spacial score (nSPS) is 15.0. The summed E-state index contributed by atoms with van der Waals surface area (Å²) in [6.07, 6.45) is 2.56. The van der Waals surface area contributed by atoms with E-state index in [1.54, 1.807) is 0 Å². The molecule has 0 unspecified atom stereocenters. The van der Waals surface area contributed by atoms with Gasteiger partial charge in [0.05, 0.1) is 11.2 Å². The predicted octanol–water partition coefficient (Wildman–Crippen LogP) is 1.71. The quantitative estimate of drug-likeness (QED) is 0.791. The molecule has 6 heteroatoms. The third-order valence-corrected chi connectivity index (χ3v) is 4.01. The average Bonchev–Trinajstić information content (AvgIpc) is 3.15. The monoisotopic (exact) mass is 282 g/mol. The Balaban J connectivity index is 1.82. The fourth-order valence-corrected chi connectivity index (χ4v) is 2.72. The van der Waals surface area contributed by atoms with Crippen LogP contribution in [0.25, 0.3) is 16.9 Å². The maximum atomic E-state index is 4.56. The van der Waals surface area contributed by atoms with Crippen molar-refractivity contribution in [3.05, 3.63) is 35.5 Å². The van der Waals surface area contributed by atoms with Crippen molar-refractivity contribution >= 4 is 11.0 Å². The molecular weight excluding hydrogens is 264 g/mol. The van der Waals surface area contributed by atoms with Gasteiger partial charge in [0.2, 0.25) is 0 Å². The van der Waals surface area contributed by atoms with Crippen LogP contribution in [0.3, 0.4) is 0 Å². The van der Waals surface area contributed by atoms with Gasteiger partial charge < -0.3 is 5.32 Å². The summed E-state index contributed by atoms with van der Waals surface area (Å²) >= 11 is 0. The summed E-state index contributed by atoms with van der Waals surface area (Å²) in [4.78, 5) is 0. The number of hydrogen-bond donors (Lipinski definition) is 1. The van der Waals surface area contributed by atoms with E-state index in [9.17, 15) is 0 Å². The van der Waals surface area contributed by atoms with Gasteiger partial charge in [-0.15, -0.1) is 5.10 Å². The zero-order valence-corrected chi connectivity index (χ0v) is 12.2. The van der Waals surface area contributed by atoms with Crippen LogP contribution in [0.1, 0.15) is 24.1 Å². The topological polar surface area (TPSA) is 60.6 Å². The maximum absolute atomic E-state index is 4.56. The Morgan fingerprint density at radius 2 is 2.10 bits per heavy atom. The first-order chi connectivity index (χ1) is 10.2. The fourth-order valence-electron chi connectivity index (χ4n) is 2.72. The minimum atomic E-state index is 0.671. The minimum Gasteiger partial charge on any atom is -0.310 e. The number of para-hydroxylation sites is 1. The number of hydrogen-bond acceptors (Lipinski definition) is 4. The number of benzene rings is 1. The summed E-state index contributed by atoms with van der Waals surface area (Å²) < 4.78 is 3.78. The van der Waals surface area contributed by atoms with Crippen LogP contribution in [0.2, 0.25) is 0 Å². The van der Waals surface area contributed by atoms with E-state index in [1.165, 1.54) is 18.4 Å². The molecule has 2 heterocycles. The van der Waals surface area contributed by atoms with Crippen molar-refractivity contribution < 1.29 is 0 Å². The van der Waals surface area contributed by atoms with Crippen LogP contribution in [0, 0.1) is 6.92 Å². The Kier molecular flexibility index (Phi) is 2.78. The van der Waals surface area contributed by atoms with Crippen molar-refractivity contribution in [1.82, 2.24) is 30.1 Å². The molecule has 1 saturated carbocycles. The summed E-state index contributed by atoms with van der Waals surface area (Å²) in [5.74, 6) is 0.995. The summed E-state index contributed by atoms with van der Waals surface area (Å²) in [7, 11) is 1.96. The van der Waals surface area contributed by atoms with Crippen LogP contribution in [0.15, 0.2) is 24.3 Å². The molecule has 0 spiro atoms. The lowest BCUT2D eigenvalue weighted by Crippen LogP contribution is -2.17. The molecule has 21 heavy (non-hydrogen) atoms. The second-order valence-electron chi connectivity index (χ2n) is 5.66. The molecule has 0 aliphatic heterocycles. The van der Waals surface area contributed by atoms with Gasteiger partial charge in [-0.1, -0.05) is 17.3 Å². The summed E-state index contributed by atoms with van der Waals surface area (Å²) in [6.45, 7) is 2.88. The first-order valence-corrected chi connectivity index (χ1v) is 7.30. The van der Waals surface area contributed by atoms with Gasteiger partial charge in [0, 0.05) is 25.2 Å². The van der Waals surface area contributed by atoms with E-state index in [2.05, 4.69) is 20.7 Å². The third kappa shape index (κ3) is 2.12. The summed E-state index contributed by atoms with van der Waals surface area (Å²) in [5, 5.41) is 16.7. The second-order valence-corrected chi connectivity index (χ2v) is 5.66.